The molecule has 1 saturated heterocycles. The fourth-order valence-electron chi connectivity index (χ4n) is 1.53. The van der Waals surface area contributed by atoms with Crippen LogP contribution in [-0.4, -0.2) is 42.8 Å². The Morgan fingerprint density at radius 2 is 2.42 bits per heavy atom. The Labute approximate surface area is 72.5 Å². The zero-order valence-corrected chi connectivity index (χ0v) is 7.36. The van der Waals surface area contributed by atoms with Crippen LogP contribution in [0.25, 0.3) is 0 Å². The molecule has 0 bridgehead atoms. The molecule has 0 amide bonds. The lowest BCUT2D eigenvalue weighted by Gasteiger charge is -2.29. The second kappa shape index (κ2) is 4.77. The van der Waals surface area contributed by atoms with Crippen LogP contribution in [0.4, 0.5) is 0 Å². The molecule has 4 heteroatoms. The molecule has 0 aromatic rings. The van der Waals surface area contributed by atoms with E-state index < -0.39 is 6.29 Å². The van der Waals surface area contributed by atoms with Gasteiger partial charge in [-0.05, 0) is 18.9 Å². The van der Waals surface area contributed by atoms with Crippen LogP contribution in [0.3, 0.4) is 0 Å². The number of nitrogens with one attached hydrogen (secondary N) is 1. The minimum atomic E-state index is -0.734. The molecule has 0 saturated carbocycles. The van der Waals surface area contributed by atoms with Gasteiger partial charge in [-0.25, -0.2) is 0 Å². The molecule has 4 nitrogen and oxygen atoms in total. The second-order valence-corrected chi connectivity index (χ2v) is 3.25. The molecular formula is C8H17NO3. The van der Waals surface area contributed by atoms with Crippen LogP contribution >= 0.6 is 0 Å². The van der Waals surface area contributed by atoms with Gasteiger partial charge in [0, 0.05) is 20.1 Å². The average Bonchev–Trinajstić information content (AvgIpc) is 2.09. The van der Waals surface area contributed by atoms with Gasteiger partial charge in [0.05, 0.1) is 6.10 Å². The molecule has 1 rings (SSSR count). The van der Waals surface area contributed by atoms with Gasteiger partial charge in [0.1, 0.15) is 0 Å². The summed E-state index contributed by atoms with van der Waals surface area (Å²) in [6.45, 7) is 1.54. The van der Waals surface area contributed by atoms with Gasteiger partial charge in [0.15, 0.2) is 6.29 Å². The predicted octanol–water partition coefficient (Wildman–Crippen LogP) is -0.688. The van der Waals surface area contributed by atoms with E-state index >= 15 is 0 Å². The molecule has 1 aliphatic heterocycles. The first-order chi connectivity index (χ1) is 5.74. The SMILES string of the molecule is COC(O)CC1CCNCC1O. The van der Waals surface area contributed by atoms with Crippen LogP contribution in [0.5, 0.6) is 0 Å². The van der Waals surface area contributed by atoms with E-state index in [1.165, 1.54) is 7.11 Å². The smallest absolute Gasteiger partial charge is 0.154 e. The third-order valence-corrected chi connectivity index (χ3v) is 2.37. The first kappa shape index (κ1) is 9.92. The summed E-state index contributed by atoms with van der Waals surface area (Å²) in [5.41, 5.74) is 0. The van der Waals surface area contributed by atoms with E-state index in [-0.39, 0.29) is 12.0 Å². The lowest BCUT2D eigenvalue weighted by atomic mass is 9.92. The topological polar surface area (TPSA) is 61.7 Å². The minimum Gasteiger partial charge on any atom is -0.392 e. The van der Waals surface area contributed by atoms with Crippen LogP contribution in [0.1, 0.15) is 12.8 Å². The van der Waals surface area contributed by atoms with Gasteiger partial charge < -0.3 is 20.3 Å². The summed E-state index contributed by atoms with van der Waals surface area (Å²) in [7, 11) is 1.47. The lowest BCUT2D eigenvalue weighted by molar-refractivity contribution is -0.0996. The van der Waals surface area contributed by atoms with Crippen molar-refractivity contribution in [1.82, 2.24) is 5.32 Å². The summed E-state index contributed by atoms with van der Waals surface area (Å²) >= 11 is 0. The first-order valence-corrected chi connectivity index (χ1v) is 4.33. The van der Waals surface area contributed by atoms with E-state index in [0.29, 0.717) is 13.0 Å². The standard InChI is InChI=1S/C8H17NO3/c1-12-8(11)4-6-2-3-9-5-7(6)10/h6-11H,2-5H2,1H3. The molecular weight excluding hydrogens is 158 g/mol. The van der Waals surface area contributed by atoms with Gasteiger partial charge >= 0.3 is 0 Å². The van der Waals surface area contributed by atoms with Gasteiger partial charge in [-0.2, -0.15) is 0 Å². The number of methoxy groups -OCH3 is 1. The molecule has 0 spiro atoms. The maximum Gasteiger partial charge on any atom is 0.154 e. The fourth-order valence-corrected chi connectivity index (χ4v) is 1.53. The fraction of sp³-hybridized carbons (Fsp3) is 1.00. The first-order valence-electron chi connectivity index (χ1n) is 4.33. The highest BCUT2D eigenvalue weighted by Crippen LogP contribution is 2.18. The highest BCUT2D eigenvalue weighted by Gasteiger charge is 2.24. The maximum atomic E-state index is 9.48. The normalized spacial score (nSPS) is 33.2. The van der Waals surface area contributed by atoms with Crippen LogP contribution in [-0.2, 0) is 4.74 Å². The van der Waals surface area contributed by atoms with Crippen molar-refractivity contribution in [2.24, 2.45) is 5.92 Å². The Kier molecular flexibility index (Phi) is 3.94. The number of piperidine rings is 1. The molecule has 0 aliphatic carbocycles. The number of aliphatic hydroxyl groups excluding tert-OH is 2. The predicted molar refractivity (Wildman–Crippen MR) is 44.6 cm³/mol. The number of aliphatic hydroxyl groups is 2. The van der Waals surface area contributed by atoms with Crippen molar-refractivity contribution in [1.29, 1.82) is 0 Å². The van der Waals surface area contributed by atoms with E-state index in [0.717, 1.165) is 13.0 Å². The lowest BCUT2D eigenvalue weighted by Crippen LogP contribution is -2.41. The number of hydrogen-bond acceptors (Lipinski definition) is 4. The summed E-state index contributed by atoms with van der Waals surface area (Å²) in [5, 5.41) is 21.7. The van der Waals surface area contributed by atoms with Gasteiger partial charge in [0.2, 0.25) is 0 Å². The largest absolute Gasteiger partial charge is 0.392 e. The molecule has 3 unspecified atom stereocenters. The zero-order valence-electron chi connectivity index (χ0n) is 7.36. The van der Waals surface area contributed by atoms with Gasteiger partial charge in [-0.15, -0.1) is 0 Å². The Bertz CT molecular complexity index is 131. The monoisotopic (exact) mass is 175 g/mol. The van der Waals surface area contributed by atoms with Crippen LogP contribution in [0.2, 0.25) is 0 Å². The van der Waals surface area contributed by atoms with Crippen molar-refractivity contribution in [2.45, 2.75) is 25.2 Å². The van der Waals surface area contributed by atoms with Crippen molar-refractivity contribution in [3.63, 3.8) is 0 Å². The molecule has 0 radical (unpaired) electrons. The highest BCUT2D eigenvalue weighted by molar-refractivity contribution is 4.77. The second-order valence-electron chi connectivity index (χ2n) is 3.25. The van der Waals surface area contributed by atoms with Crippen molar-refractivity contribution >= 4 is 0 Å². The number of ether oxygens (including phenoxy) is 1. The molecule has 1 aliphatic rings. The van der Waals surface area contributed by atoms with Crippen LogP contribution < -0.4 is 5.32 Å². The van der Waals surface area contributed by atoms with Crippen LogP contribution in [0, 0.1) is 5.92 Å². The number of hydrogen-bond donors (Lipinski definition) is 3. The number of rotatable bonds is 3. The molecule has 3 N–H and O–H groups in total. The quantitative estimate of drug-likeness (QED) is 0.497. The molecule has 0 aromatic carbocycles. The maximum absolute atomic E-state index is 9.48. The van der Waals surface area contributed by atoms with Crippen LogP contribution in [0.15, 0.2) is 0 Å². The Hall–Kier alpha value is -0.160. The van der Waals surface area contributed by atoms with Crippen molar-refractivity contribution in [3.05, 3.63) is 0 Å². The summed E-state index contributed by atoms with van der Waals surface area (Å²) in [6.07, 6.45) is 0.354. The highest BCUT2D eigenvalue weighted by atomic mass is 16.6. The molecule has 3 atom stereocenters. The summed E-state index contributed by atoms with van der Waals surface area (Å²) in [4.78, 5) is 0. The summed E-state index contributed by atoms with van der Waals surface area (Å²) in [6, 6.07) is 0. The van der Waals surface area contributed by atoms with Crippen molar-refractivity contribution < 1.29 is 14.9 Å². The average molecular weight is 175 g/mol. The summed E-state index contributed by atoms with van der Waals surface area (Å²) in [5.74, 6) is 0.168. The van der Waals surface area contributed by atoms with Crippen molar-refractivity contribution in [2.75, 3.05) is 20.2 Å². The third kappa shape index (κ3) is 2.71. The summed E-state index contributed by atoms with van der Waals surface area (Å²) < 4.78 is 4.73. The van der Waals surface area contributed by atoms with Gasteiger partial charge in [0.25, 0.3) is 0 Å². The van der Waals surface area contributed by atoms with E-state index in [2.05, 4.69) is 5.32 Å². The Balaban J connectivity index is 2.28. The van der Waals surface area contributed by atoms with Gasteiger partial charge in [-0.3, -0.25) is 0 Å². The molecule has 12 heavy (non-hydrogen) atoms. The molecule has 1 fully saturated rings. The van der Waals surface area contributed by atoms with E-state index in [1.807, 2.05) is 0 Å². The van der Waals surface area contributed by atoms with E-state index in [1.54, 1.807) is 0 Å². The number of β-amino-alcohol motifs (C(OH)–C–C–N with tert-alkyl or cyclic N) is 1. The zero-order chi connectivity index (χ0) is 8.97. The molecule has 72 valence electrons. The Morgan fingerprint density at radius 1 is 1.67 bits per heavy atom. The van der Waals surface area contributed by atoms with E-state index in [4.69, 9.17) is 4.74 Å². The third-order valence-electron chi connectivity index (χ3n) is 2.37. The van der Waals surface area contributed by atoms with E-state index in [9.17, 15) is 10.2 Å². The van der Waals surface area contributed by atoms with Crippen molar-refractivity contribution in [3.8, 4) is 0 Å². The minimum absolute atomic E-state index is 0.168. The Morgan fingerprint density at radius 3 is 3.00 bits per heavy atom. The van der Waals surface area contributed by atoms with Gasteiger partial charge in [-0.1, -0.05) is 0 Å². The molecule has 1 heterocycles. The molecule has 0 aromatic heterocycles.